The Bertz CT molecular complexity index is 409. The highest BCUT2D eigenvalue weighted by molar-refractivity contribution is 7.99. The van der Waals surface area contributed by atoms with E-state index < -0.39 is 0 Å². The van der Waals surface area contributed by atoms with E-state index in [1.54, 1.807) is 14.2 Å². The van der Waals surface area contributed by atoms with Gasteiger partial charge in [0.2, 0.25) is 0 Å². The maximum absolute atomic E-state index is 6.29. The van der Waals surface area contributed by atoms with E-state index in [1.165, 1.54) is 5.56 Å². The van der Waals surface area contributed by atoms with Gasteiger partial charge in [-0.1, -0.05) is 6.92 Å². The van der Waals surface area contributed by atoms with Crippen LogP contribution < -0.4 is 15.2 Å². The Morgan fingerprint density at radius 1 is 1.24 bits per heavy atom. The molecule has 0 radical (unpaired) electrons. The summed E-state index contributed by atoms with van der Waals surface area (Å²) in [7, 11) is 3.39. The number of benzene rings is 1. The van der Waals surface area contributed by atoms with Crippen LogP contribution in [0.15, 0.2) is 12.1 Å². The maximum atomic E-state index is 6.29. The normalized spacial score (nSPS) is 23.8. The van der Waals surface area contributed by atoms with Crippen molar-refractivity contribution in [2.75, 3.05) is 14.2 Å². The summed E-state index contributed by atoms with van der Waals surface area (Å²) in [5, 5.41) is 0.562. The van der Waals surface area contributed by atoms with Crippen LogP contribution in [0.25, 0.3) is 0 Å². The minimum atomic E-state index is 0.0278. The number of ether oxygens (including phenoxy) is 2. The Hall–Kier alpha value is -0.870. The Labute approximate surface area is 107 Å². The molecule has 0 aliphatic carbocycles. The summed E-state index contributed by atoms with van der Waals surface area (Å²) < 4.78 is 10.9. The largest absolute Gasteiger partial charge is 0.496 e. The molecule has 0 fully saturated rings. The lowest BCUT2D eigenvalue weighted by Crippen LogP contribution is -2.15. The van der Waals surface area contributed by atoms with Gasteiger partial charge in [-0.3, -0.25) is 0 Å². The zero-order valence-corrected chi connectivity index (χ0v) is 11.3. The lowest BCUT2D eigenvalue weighted by Gasteiger charge is -2.19. The van der Waals surface area contributed by atoms with E-state index in [4.69, 9.17) is 15.2 Å². The predicted molar refractivity (Wildman–Crippen MR) is 71.8 cm³/mol. The van der Waals surface area contributed by atoms with Gasteiger partial charge < -0.3 is 15.2 Å². The SMILES string of the molecule is COc1ccc(OC)c2c1CSC(C)CC2N. The van der Waals surface area contributed by atoms with Gasteiger partial charge in [0.25, 0.3) is 0 Å². The molecule has 17 heavy (non-hydrogen) atoms. The third-order valence-electron chi connectivity index (χ3n) is 3.18. The van der Waals surface area contributed by atoms with Crippen molar-refractivity contribution in [3.8, 4) is 11.5 Å². The quantitative estimate of drug-likeness (QED) is 0.880. The van der Waals surface area contributed by atoms with Gasteiger partial charge in [-0.25, -0.2) is 0 Å². The van der Waals surface area contributed by atoms with E-state index in [0.29, 0.717) is 5.25 Å². The molecule has 94 valence electrons. The molecule has 0 bridgehead atoms. The van der Waals surface area contributed by atoms with Crippen molar-refractivity contribution in [1.82, 2.24) is 0 Å². The first-order valence-electron chi connectivity index (χ1n) is 5.78. The van der Waals surface area contributed by atoms with Crippen LogP contribution >= 0.6 is 11.8 Å². The zero-order valence-electron chi connectivity index (χ0n) is 10.5. The summed E-state index contributed by atoms with van der Waals surface area (Å²) in [5.41, 5.74) is 8.59. The number of hydrogen-bond donors (Lipinski definition) is 1. The van der Waals surface area contributed by atoms with Crippen LogP contribution in [0.3, 0.4) is 0 Å². The lowest BCUT2D eigenvalue weighted by molar-refractivity contribution is 0.391. The molecule has 0 amide bonds. The molecule has 1 aliphatic heterocycles. The minimum absolute atomic E-state index is 0.0278. The fraction of sp³-hybridized carbons (Fsp3) is 0.538. The first-order valence-corrected chi connectivity index (χ1v) is 6.83. The van der Waals surface area contributed by atoms with E-state index in [2.05, 4.69) is 6.92 Å². The van der Waals surface area contributed by atoms with E-state index in [1.807, 2.05) is 23.9 Å². The second kappa shape index (κ2) is 5.19. The number of methoxy groups -OCH3 is 2. The minimum Gasteiger partial charge on any atom is -0.496 e. The van der Waals surface area contributed by atoms with Gasteiger partial charge in [-0.2, -0.15) is 11.8 Å². The number of hydrogen-bond acceptors (Lipinski definition) is 4. The summed E-state index contributed by atoms with van der Waals surface area (Å²) in [6.45, 7) is 2.22. The summed E-state index contributed by atoms with van der Waals surface area (Å²) in [6, 6.07) is 3.93. The average Bonchev–Trinajstić information content (AvgIpc) is 2.48. The van der Waals surface area contributed by atoms with Gasteiger partial charge in [0.15, 0.2) is 0 Å². The highest BCUT2D eigenvalue weighted by atomic mass is 32.2. The van der Waals surface area contributed by atoms with E-state index in [0.717, 1.165) is 29.2 Å². The lowest BCUT2D eigenvalue weighted by atomic mass is 9.96. The van der Waals surface area contributed by atoms with Gasteiger partial charge in [0.1, 0.15) is 11.5 Å². The molecule has 2 atom stereocenters. The monoisotopic (exact) mass is 253 g/mol. The molecule has 4 heteroatoms. The third kappa shape index (κ3) is 2.38. The predicted octanol–water partition coefficient (Wildman–Crippen LogP) is 2.73. The Kier molecular flexibility index (Phi) is 3.84. The fourth-order valence-corrected chi connectivity index (χ4v) is 3.41. The zero-order chi connectivity index (χ0) is 12.4. The van der Waals surface area contributed by atoms with Gasteiger partial charge in [-0.05, 0) is 18.6 Å². The highest BCUT2D eigenvalue weighted by Gasteiger charge is 2.25. The van der Waals surface area contributed by atoms with Gasteiger partial charge in [0, 0.05) is 28.2 Å². The maximum Gasteiger partial charge on any atom is 0.124 e. The van der Waals surface area contributed by atoms with Crippen molar-refractivity contribution < 1.29 is 9.47 Å². The third-order valence-corrected chi connectivity index (χ3v) is 4.40. The first kappa shape index (κ1) is 12.6. The molecule has 0 saturated heterocycles. The summed E-state index contributed by atoms with van der Waals surface area (Å²) in [6.07, 6.45) is 0.973. The molecular formula is C13H19NO2S. The summed E-state index contributed by atoms with van der Waals surface area (Å²) >= 11 is 1.92. The van der Waals surface area contributed by atoms with Crippen LogP contribution in [0.5, 0.6) is 11.5 Å². The van der Waals surface area contributed by atoms with Crippen LogP contribution in [-0.4, -0.2) is 19.5 Å². The van der Waals surface area contributed by atoms with Crippen molar-refractivity contribution in [3.63, 3.8) is 0 Å². The number of thioether (sulfide) groups is 1. The van der Waals surface area contributed by atoms with Crippen molar-refractivity contribution in [1.29, 1.82) is 0 Å². The van der Waals surface area contributed by atoms with Gasteiger partial charge in [0.05, 0.1) is 14.2 Å². The van der Waals surface area contributed by atoms with E-state index in [-0.39, 0.29) is 6.04 Å². The molecule has 0 spiro atoms. The molecule has 3 nitrogen and oxygen atoms in total. The topological polar surface area (TPSA) is 44.5 Å². The van der Waals surface area contributed by atoms with Crippen LogP contribution in [0, 0.1) is 0 Å². The van der Waals surface area contributed by atoms with Crippen LogP contribution in [0.2, 0.25) is 0 Å². The van der Waals surface area contributed by atoms with Crippen molar-refractivity contribution in [2.24, 2.45) is 5.73 Å². The smallest absolute Gasteiger partial charge is 0.124 e. The average molecular weight is 253 g/mol. The Morgan fingerprint density at radius 2 is 1.88 bits per heavy atom. The summed E-state index contributed by atoms with van der Waals surface area (Å²) in [4.78, 5) is 0. The second-order valence-corrected chi connectivity index (χ2v) is 5.75. The van der Waals surface area contributed by atoms with Crippen LogP contribution in [-0.2, 0) is 5.75 Å². The number of rotatable bonds is 2. The van der Waals surface area contributed by atoms with Crippen LogP contribution in [0.1, 0.15) is 30.5 Å². The standard InChI is InChI=1S/C13H19NO2S/c1-8-6-10(14)13-9(7-17-8)11(15-2)4-5-12(13)16-3/h4-5,8,10H,6-7,14H2,1-3H3. The molecule has 1 aromatic carbocycles. The Morgan fingerprint density at radius 3 is 2.53 bits per heavy atom. The molecule has 1 aromatic rings. The van der Waals surface area contributed by atoms with E-state index in [9.17, 15) is 0 Å². The van der Waals surface area contributed by atoms with Gasteiger partial charge >= 0.3 is 0 Å². The van der Waals surface area contributed by atoms with Crippen molar-refractivity contribution in [3.05, 3.63) is 23.3 Å². The number of fused-ring (bicyclic) bond motifs is 1. The molecule has 0 aromatic heterocycles. The highest BCUT2D eigenvalue weighted by Crippen LogP contribution is 2.42. The van der Waals surface area contributed by atoms with Gasteiger partial charge in [-0.15, -0.1) is 0 Å². The number of nitrogens with two attached hydrogens (primary N) is 1. The molecule has 2 unspecified atom stereocenters. The molecule has 1 aliphatic rings. The molecule has 0 saturated carbocycles. The molecule has 2 N–H and O–H groups in total. The van der Waals surface area contributed by atoms with Crippen LogP contribution in [0.4, 0.5) is 0 Å². The van der Waals surface area contributed by atoms with Crippen molar-refractivity contribution in [2.45, 2.75) is 30.4 Å². The summed E-state index contributed by atoms with van der Waals surface area (Å²) in [5.74, 6) is 2.73. The van der Waals surface area contributed by atoms with Crippen molar-refractivity contribution >= 4 is 11.8 Å². The Balaban J connectivity index is 2.54. The second-order valence-electron chi connectivity index (χ2n) is 4.33. The molecular weight excluding hydrogens is 234 g/mol. The van der Waals surface area contributed by atoms with E-state index >= 15 is 0 Å². The fourth-order valence-electron chi connectivity index (χ4n) is 2.32. The molecule has 2 rings (SSSR count). The first-order chi connectivity index (χ1) is 8.17. The molecule has 1 heterocycles.